The molecule has 7 heteroatoms. The molecule has 0 aliphatic carbocycles. The van der Waals surface area contributed by atoms with Crippen LogP contribution in [0.3, 0.4) is 0 Å². The Labute approximate surface area is 137 Å². The fraction of sp³-hybridized carbons (Fsp3) is 0.312. The number of thiazole rings is 1. The number of nitrogens with one attached hydrogen (secondary N) is 1. The van der Waals surface area contributed by atoms with Crippen LogP contribution in [0.2, 0.25) is 0 Å². The molecular weight excluding hydrogens is 319 g/mol. The molecule has 122 valence electrons. The first kappa shape index (κ1) is 17.1. The van der Waals surface area contributed by atoms with Crippen LogP contribution in [0.25, 0.3) is 0 Å². The number of aliphatic carboxylic acids is 1. The second kappa shape index (κ2) is 7.82. The van der Waals surface area contributed by atoms with Gasteiger partial charge < -0.3 is 10.4 Å². The predicted octanol–water partition coefficient (Wildman–Crippen LogP) is 2.86. The maximum Gasteiger partial charge on any atom is 0.303 e. The van der Waals surface area contributed by atoms with Crippen molar-refractivity contribution in [3.8, 4) is 0 Å². The molecule has 1 atom stereocenters. The zero-order chi connectivity index (χ0) is 16.8. The number of carboxylic acids is 1. The SMILES string of the molecule is CC(CCC(=O)O)NC(=O)c1csc(Cc2ccccc2F)n1. The Balaban J connectivity index is 1.94. The first-order chi connectivity index (χ1) is 11.0. The number of amides is 1. The Bertz CT molecular complexity index is 702. The molecule has 0 bridgehead atoms. The number of nitrogens with zero attached hydrogens (tertiary/aromatic N) is 1. The number of rotatable bonds is 7. The van der Waals surface area contributed by atoms with Gasteiger partial charge >= 0.3 is 5.97 Å². The molecule has 2 rings (SSSR count). The van der Waals surface area contributed by atoms with E-state index in [-0.39, 0.29) is 29.9 Å². The van der Waals surface area contributed by atoms with Gasteiger partial charge in [-0.1, -0.05) is 18.2 Å². The van der Waals surface area contributed by atoms with Gasteiger partial charge in [0, 0.05) is 24.3 Å². The highest BCUT2D eigenvalue weighted by Gasteiger charge is 2.15. The highest BCUT2D eigenvalue weighted by Crippen LogP contribution is 2.17. The van der Waals surface area contributed by atoms with E-state index in [9.17, 15) is 14.0 Å². The Morgan fingerprint density at radius 1 is 1.39 bits per heavy atom. The molecule has 0 saturated carbocycles. The van der Waals surface area contributed by atoms with Crippen LogP contribution in [0.1, 0.15) is 40.8 Å². The summed E-state index contributed by atoms with van der Waals surface area (Å²) in [6, 6.07) is 6.20. The molecule has 0 spiro atoms. The van der Waals surface area contributed by atoms with Crippen molar-refractivity contribution in [1.82, 2.24) is 10.3 Å². The van der Waals surface area contributed by atoms with Gasteiger partial charge in [-0.3, -0.25) is 9.59 Å². The van der Waals surface area contributed by atoms with E-state index in [1.165, 1.54) is 17.4 Å². The van der Waals surface area contributed by atoms with Gasteiger partial charge in [0.15, 0.2) is 0 Å². The Kier molecular flexibility index (Phi) is 5.81. The fourth-order valence-electron chi connectivity index (χ4n) is 2.01. The molecule has 0 aliphatic rings. The molecule has 1 amide bonds. The smallest absolute Gasteiger partial charge is 0.303 e. The highest BCUT2D eigenvalue weighted by molar-refractivity contribution is 7.09. The lowest BCUT2D eigenvalue weighted by Gasteiger charge is -2.11. The first-order valence-electron chi connectivity index (χ1n) is 7.16. The summed E-state index contributed by atoms with van der Waals surface area (Å²) in [5.74, 6) is -1.54. The van der Waals surface area contributed by atoms with Gasteiger partial charge in [0.1, 0.15) is 11.5 Å². The van der Waals surface area contributed by atoms with E-state index in [1.54, 1.807) is 30.5 Å². The van der Waals surface area contributed by atoms with E-state index in [1.807, 2.05) is 0 Å². The normalized spacial score (nSPS) is 11.9. The van der Waals surface area contributed by atoms with Gasteiger partial charge in [-0.15, -0.1) is 11.3 Å². The fourth-order valence-corrected chi connectivity index (χ4v) is 2.81. The van der Waals surface area contributed by atoms with Crippen LogP contribution in [0, 0.1) is 5.82 Å². The minimum Gasteiger partial charge on any atom is -0.481 e. The third-order valence-corrected chi connectivity index (χ3v) is 4.10. The van der Waals surface area contributed by atoms with Gasteiger partial charge in [0.05, 0.1) is 5.01 Å². The molecule has 0 saturated heterocycles. The molecule has 0 aliphatic heterocycles. The molecule has 1 unspecified atom stereocenters. The Hall–Kier alpha value is -2.28. The number of carboxylic acid groups (broad SMARTS) is 1. The monoisotopic (exact) mass is 336 g/mol. The Morgan fingerprint density at radius 3 is 2.83 bits per heavy atom. The van der Waals surface area contributed by atoms with E-state index < -0.39 is 5.97 Å². The van der Waals surface area contributed by atoms with E-state index >= 15 is 0 Å². The average Bonchev–Trinajstić information content (AvgIpc) is 2.96. The zero-order valence-electron chi connectivity index (χ0n) is 12.6. The van der Waals surface area contributed by atoms with Crippen LogP contribution < -0.4 is 5.32 Å². The van der Waals surface area contributed by atoms with Gasteiger partial charge in [-0.05, 0) is 25.0 Å². The summed E-state index contributed by atoms with van der Waals surface area (Å²) in [7, 11) is 0. The van der Waals surface area contributed by atoms with Gasteiger partial charge in [0.25, 0.3) is 5.91 Å². The number of hydrogen-bond acceptors (Lipinski definition) is 4. The largest absolute Gasteiger partial charge is 0.481 e. The summed E-state index contributed by atoms with van der Waals surface area (Å²) < 4.78 is 13.6. The van der Waals surface area contributed by atoms with Crippen LogP contribution in [0.15, 0.2) is 29.6 Å². The molecule has 1 aromatic carbocycles. The van der Waals surface area contributed by atoms with Crippen molar-refractivity contribution in [3.05, 3.63) is 51.7 Å². The number of carbonyl (C=O) groups excluding carboxylic acids is 1. The van der Waals surface area contributed by atoms with Crippen molar-refractivity contribution < 1.29 is 19.1 Å². The van der Waals surface area contributed by atoms with Gasteiger partial charge in [-0.2, -0.15) is 0 Å². The molecule has 1 heterocycles. The van der Waals surface area contributed by atoms with E-state index in [4.69, 9.17) is 5.11 Å². The maximum absolute atomic E-state index is 13.6. The highest BCUT2D eigenvalue weighted by atomic mass is 32.1. The topological polar surface area (TPSA) is 79.3 Å². The van der Waals surface area contributed by atoms with Gasteiger partial charge in [-0.25, -0.2) is 9.37 Å². The predicted molar refractivity (Wildman–Crippen MR) is 85.1 cm³/mol. The van der Waals surface area contributed by atoms with Crippen molar-refractivity contribution in [2.75, 3.05) is 0 Å². The van der Waals surface area contributed by atoms with Crippen LogP contribution in [-0.4, -0.2) is 28.0 Å². The summed E-state index contributed by atoms with van der Waals surface area (Å²) in [5.41, 5.74) is 0.798. The molecule has 5 nitrogen and oxygen atoms in total. The average molecular weight is 336 g/mol. The number of hydrogen-bond donors (Lipinski definition) is 2. The molecule has 0 fully saturated rings. The van der Waals surface area contributed by atoms with Crippen molar-refractivity contribution in [1.29, 1.82) is 0 Å². The van der Waals surface area contributed by atoms with Crippen molar-refractivity contribution in [3.63, 3.8) is 0 Å². The molecule has 2 aromatic rings. The van der Waals surface area contributed by atoms with Crippen LogP contribution in [0.5, 0.6) is 0 Å². The standard InChI is InChI=1S/C16H17FN2O3S/c1-10(6-7-15(20)21)18-16(22)13-9-23-14(19-13)8-11-4-2-3-5-12(11)17/h2-5,9-10H,6-8H2,1H3,(H,18,22)(H,20,21). The van der Waals surface area contributed by atoms with E-state index in [0.29, 0.717) is 23.4 Å². The maximum atomic E-state index is 13.6. The molecule has 2 N–H and O–H groups in total. The summed E-state index contributed by atoms with van der Waals surface area (Å²) in [6.07, 6.45) is 0.684. The van der Waals surface area contributed by atoms with Crippen LogP contribution in [-0.2, 0) is 11.2 Å². The summed E-state index contributed by atoms with van der Waals surface area (Å²) in [5, 5.41) is 13.6. The van der Waals surface area contributed by atoms with E-state index in [2.05, 4.69) is 10.3 Å². The van der Waals surface area contributed by atoms with Crippen LogP contribution in [0.4, 0.5) is 4.39 Å². The number of aromatic nitrogens is 1. The summed E-state index contributed by atoms with van der Waals surface area (Å²) in [6.45, 7) is 1.74. The number of benzene rings is 1. The quantitative estimate of drug-likeness (QED) is 0.815. The molecule has 23 heavy (non-hydrogen) atoms. The lowest BCUT2D eigenvalue weighted by molar-refractivity contribution is -0.137. The minimum absolute atomic E-state index is 0.00293. The van der Waals surface area contributed by atoms with Crippen molar-refractivity contribution in [2.24, 2.45) is 0 Å². The summed E-state index contributed by atoms with van der Waals surface area (Å²) >= 11 is 1.29. The molecular formula is C16H17FN2O3S. The lowest BCUT2D eigenvalue weighted by Crippen LogP contribution is -2.33. The zero-order valence-corrected chi connectivity index (χ0v) is 13.4. The second-order valence-corrected chi connectivity index (χ2v) is 6.14. The molecule has 1 aromatic heterocycles. The Morgan fingerprint density at radius 2 is 2.13 bits per heavy atom. The minimum atomic E-state index is -0.896. The van der Waals surface area contributed by atoms with Crippen molar-refractivity contribution >= 4 is 23.2 Å². The van der Waals surface area contributed by atoms with Gasteiger partial charge in [0.2, 0.25) is 0 Å². The number of carbonyl (C=O) groups is 2. The summed E-state index contributed by atoms with van der Waals surface area (Å²) in [4.78, 5) is 26.8. The number of halogens is 1. The third kappa shape index (κ3) is 5.14. The molecule has 0 radical (unpaired) electrons. The van der Waals surface area contributed by atoms with Crippen LogP contribution >= 0.6 is 11.3 Å². The second-order valence-electron chi connectivity index (χ2n) is 5.20. The first-order valence-corrected chi connectivity index (χ1v) is 8.04. The third-order valence-electron chi connectivity index (χ3n) is 3.25. The lowest BCUT2D eigenvalue weighted by atomic mass is 10.1. The van der Waals surface area contributed by atoms with E-state index in [0.717, 1.165) is 0 Å². The van der Waals surface area contributed by atoms with Crippen molar-refractivity contribution in [2.45, 2.75) is 32.2 Å².